The van der Waals surface area contributed by atoms with E-state index in [1.165, 1.54) is 18.2 Å². The van der Waals surface area contributed by atoms with E-state index in [0.29, 0.717) is 37.4 Å². The predicted octanol–water partition coefficient (Wildman–Crippen LogP) is 1.60. The minimum Gasteiger partial charge on any atom is -0.422 e. The number of fused-ring (bicyclic) bond motifs is 2. The number of anilines is 1. The van der Waals surface area contributed by atoms with Gasteiger partial charge in [0.05, 0.1) is 23.3 Å². The number of hydrogen-bond acceptors (Lipinski definition) is 9. The molecule has 33 heavy (non-hydrogen) atoms. The normalized spacial score (nSPS) is 17.2. The van der Waals surface area contributed by atoms with Gasteiger partial charge in [-0.2, -0.15) is 0 Å². The van der Waals surface area contributed by atoms with Gasteiger partial charge in [-0.1, -0.05) is 18.2 Å². The Morgan fingerprint density at radius 2 is 1.67 bits per heavy atom. The van der Waals surface area contributed by atoms with Crippen molar-refractivity contribution in [2.75, 3.05) is 31.1 Å². The molecule has 0 unspecified atom stereocenters. The van der Waals surface area contributed by atoms with Crippen LogP contribution in [0.15, 0.2) is 41.3 Å². The smallest absolute Gasteiger partial charge is 0.311 e. The van der Waals surface area contributed by atoms with Gasteiger partial charge in [-0.3, -0.25) is 9.59 Å². The molecule has 3 aromatic rings. The van der Waals surface area contributed by atoms with Crippen LogP contribution in [0.25, 0.3) is 11.0 Å². The van der Waals surface area contributed by atoms with Crippen LogP contribution in [-0.4, -0.2) is 55.5 Å². The Bertz CT molecular complexity index is 1360. The van der Waals surface area contributed by atoms with Crippen molar-refractivity contribution in [3.8, 4) is 11.5 Å². The Kier molecular flexibility index (Phi) is 5.29. The van der Waals surface area contributed by atoms with Crippen molar-refractivity contribution in [2.24, 2.45) is 0 Å². The van der Waals surface area contributed by atoms with Crippen LogP contribution in [0.4, 0.5) is 5.69 Å². The summed E-state index contributed by atoms with van der Waals surface area (Å²) in [6, 6.07) is 9.44. The molecule has 0 spiro atoms. The number of rotatable bonds is 3. The Hall–Kier alpha value is -3.44. The summed E-state index contributed by atoms with van der Waals surface area (Å²) in [5.74, 6) is -0.826. The summed E-state index contributed by atoms with van der Waals surface area (Å²) in [4.78, 5) is 31.3. The third kappa shape index (κ3) is 3.72. The highest BCUT2D eigenvalue weighted by atomic mass is 32.2. The molecule has 10 nitrogen and oxygen atoms in total. The van der Waals surface area contributed by atoms with Crippen molar-refractivity contribution in [2.45, 2.75) is 24.7 Å². The number of aromatic nitrogens is 2. The highest BCUT2D eigenvalue weighted by molar-refractivity contribution is 7.90. The maximum absolute atomic E-state index is 13.5. The van der Waals surface area contributed by atoms with Gasteiger partial charge >= 0.3 is 11.9 Å². The summed E-state index contributed by atoms with van der Waals surface area (Å²) in [5.41, 5.74) is 1.04. The lowest BCUT2D eigenvalue weighted by molar-refractivity contribution is -0.142. The van der Waals surface area contributed by atoms with E-state index in [0.717, 1.165) is 3.97 Å². The van der Waals surface area contributed by atoms with Gasteiger partial charge in [0, 0.05) is 32.2 Å². The second kappa shape index (κ2) is 8.16. The Labute approximate surface area is 190 Å². The number of esters is 2. The van der Waals surface area contributed by atoms with E-state index in [4.69, 9.17) is 9.47 Å². The lowest BCUT2D eigenvalue weighted by Gasteiger charge is -2.31. The SMILES string of the molecule is Cc1nc2c(N3CCNCC3)c3c(cc2n1S(=O)(=O)c1ccccc1)OC(=O)CCC(=O)O3. The number of aryl methyl sites for hydroxylation is 1. The number of piperazine rings is 1. The minimum atomic E-state index is -3.99. The molecule has 2 aromatic carbocycles. The average Bonchev–Trinajstić information content (AvgIpc) is 3.14. The zero-order valence-corrected chi connectivity index (χ0v) is 18.7. The molecule has 0 saturated carbocycles. The van der Waals surface area contributed by atoms with Gasteiger partial charge in [0.2, 0.25) is 0 Å². The molecule has 0 amide bonds. The van der Waals surface area contributed by atoms with Crippen LogP contribution >= 0.6 is 0 Å². The van der Waals surface area contributed by atoms with E-state index < -0.39 is 22.0 Å². The van der Waals surface area contributed by atoms with E-state index in [-0.39, 0.29) is 40.6 Å². The number of carbonyl (C=O) groups is 2. The van der Waals surface area contributed by atoms with Crippen molar-refractivity contribution >= 4 is 38.7 Å². The topological polar surface area (TPSA) is 120 Å². The van der Waals surface area contributed by atoms with E-state index in [1.807, 2.05) is 4.90 Å². The van der Waals surface area contributed by atoms with Gasteiger partial charge in [0.25, 0.3) is 10.0 Å². The zero-order chi connectivity index (χ0) is 23.2. The second-order valence-electron chi connectivity index (χ2n) is 7.85. The van der Waals surface area contributed by atoms with Gasteiger partial charge in [-0.25, -0.2) is 17.4 Å². The zero-order valence-electron chi connectivity index (χ0n) is 17.9. The lowest BCUT2D eigenvalue weighted by Crippen LogP contribution is -2.44. The second-order valence-corrected chi connectivity index (χ2v) is 9.63. The van der Waals surface area contributed by atoms with Crippen LogP contribution in [0, 0.1) is 6.92 Å². The number of nitrogens with zero attached hydrogens (tertiary/aromatic N) is 3. The van der Waals surface area contributed by atoms with Crippen LogP contribution in [0.1, 0.15) is 18.7 Å². The number of benzene rings is 2. The fraction of sp³-hybridized carbons (Fsp3) is 0.318. The van der Waals surface area contributed by atoms with E-state index in [2.05, 4.69) is 10.3 Å². The van der Waals surface area contributed by atoms with Gasteiger partial charge in [-0.15, -0.1) is 0 Å². The third-order valence-electron chi connectivity index (χ3n) is 5.65. The predicted molar refractivity (Wildman–Crippen MR) is 119 cm³/mol. The van der Waals surface area contributed by atoms with E-state index in [9.17, 15) is 18.0 Å². The Balaban J connectivity index is 1.82. The number of hydrogen-bond donors (Lipinski definition) is 1. The maximum Gasteiger partial charge on any atom is 0.311 e. The van der Waals surface area contributed by atoms with Crippen LogP contribution < -0.4 is 19.7 Å². The average molecular weight is 471 g/mol. The quantitative estimate of drug-likeness (QED) is 0.449. The molecule has 11 heteroatoms. The molecular formula is C22H22N4O6S. The molecule has 0 bridgehead atoms. The van der Waals surface area contributed by atoms with Crippen molar-refractivity contribution in [1.29, 1.82) is 0 Å². The molecule has 1 aromatic heterocycles. The maximum atomic E-state index is 13.5. The molecule has 0 aliphatic carbocycles. The van der Waals surface area contributed by atoms with Gasteiger partial charge in [0.1, 0.15) is 17.0 Å². The summed E-state index contributed by atoms with van der Waals surface area (Å²) in [5, 5.41) is 3.26. The summed E-state index contributed by atoms with van der Waals surface area (Å²) in [7, 11) is -3.99. The van der Waals surface area contributed by atoms with Crippen LogP contribution in [0.5, 0.6) is 11.5 Å². The van der Waals surface area contributed by atoms with Crippen molar-refractivity contribution in [3.63, 3.8) is 0 Å². The molecule has 172 valence electrons. The first-order valence-corrected chi connectivity index (χ1v) is 12.0. The summed E-state index contributed by atoms with van der Waals surface area (Å²) in [6.45, 7) is 4.11. The molecule has 3 heterocycles. The number of nitrogens with one attached hydrogen (secondary N) is 1. The standard InChI is InChI=1S/C22H22N4O6S/c1-14-24-20-16(26(14)33(29,30)15-5-3-2-4-6-15)13-17-22(21(20)25-11-9-23-10-12-25)32-19(28)8-7-18(27)31-17/h2-6,13,23H,7-12H2,1H3. The van der Waals surface area contributed by atoms with Gasteiger partial charge in [-0.05, 0) is 19.1 Å². The first kappa shape index (κ1) is 21.4. The van der Waals surface area contributed by atoms with Crippen LogP contribution in [0.3, 0.4) is 0 Å². The number of imidazole rings is 1. The summed E-state index contributed by atoms with van der Waals surface area (Å²) in [6.07, 6.45) is -0.229. The monoisotopic (exact) mass is 470 g/mol. The summed E-state index contributed by atoms with van der Waals surface area (Å²) >= 11 is 0. The number of carbonyl (C=O) groups excluding carboxylic acids is 2. The highest BCUT2D eigenvalue weighted by Crippen LogP contribution is 2.45. The fourth-order valence-corrected chi connectivity index (χ4v) is 5.65. The fourth-order valence-electron chi connectivity index (χ4n) is 4.15. The van der Waals surface area contributed by atoms with Crippen molar-refractivity contribution in [3.05, 3.63) is 42.2 Å². The van der Waals surface area contributed by atoms with Crippen LogP contribution in [-0.2, 0) is 19.6 Å². The first-order valence-electron chi connectivity index (χ1n) is 10.6. The third-order valence-corrected chi connectivity index (χ3v) is 7.46. The molecule has 2 aliphatic rings. The summed E-state index contributed by atoms with van der Waals surface area (Å²) < 4.78 is 39.3. The molecule has 5 rings (SSSR count). The van der Waals surface area contributed by atoms with Gasteiger partial charge < -0.3 is 19.7 Å². The highest BCUT2D eigenvalue weighted by Gasteiger charge is 2.32. The van der Waals surface area contributed by atoms with Crippen molar-refractivity contribution in [1.82, 2.24) is 14.3 Å². The molecule has 1 fully saturated rings. The molecule has 2 aliphatic heterocycles. The largest absolute Gasteiger partial charge is 0.422 e. The molecule has 1 N–H and O–H groups in total. The van der Waals surface area contributed by atoms with E-state index in [1.54, 1.807) is 25.1 Å². The minimum absolute atomic E-state index is 0.00139. The molecule has 1 saturated heterocycles. The Morgan fingerprint density at radius 3 is 2.36 bits per heavy atom. The molecule has 0 radical (unpaired) electrons. The molecular weight excluding hydrogens is 448 g/mol. The van der Waals surface area contributed by atoms with E-state index >= 15 is 0 Å². The lowest BCUT2D eigenvalue weighted by atomic mass is 10.1. The first-order chi connectivity index (χ1) is 15.9. The van der Waals surface area contributed by atoms with Crippen LogP contribution in [0.2, 0.25) is 0 Å². The van der Waals surface area contributed by atoms with Crippen molar-refractivity contribution < 1.29 is 27.5 Å². The molecule has 0 atom stereocenters. The van der Waals surface area contributed by atoms with Gasteiger partial charge in [0.15, 0.2) is 11.5 Å². The Morgan fingerprint density at radius 1 is 1.00 bits per heavy atom. The number of ether oxygens (including phenoxy) is 2.